The number of likely N-dealkylation sites (tertiary alicyclic amines) is 2. The van der Waals surface area contributed by atoms with E-state index in [-0.39, 0.29) is 24.1 Å². The van der Waals surface area contributed by atoms with Crippen LogP contribution in [0.15, 0.2) is 42.5 Å². The van der Waals surface area contributed by atoms with E-state index in [0.29, 0.717) is 42.3 Å². The molecule has 2 aliphatic rings. The summed E-state index contributed by atoms with van der Waals surface area (Å²) in [6.45, 7) is 2.53. The maximum atomic E-state index is 12.8. The predicted octanol–water partition coefficient (Wildman–Crippen LogP) is 3.75. The van der Waals surface area contributed by atoms with Crippen LogP contribution < -0.4 is 14.8 Å². The number of amides is 3. The molecule has 4 rings (SSSR count). The molecule has 2 saturated heterocycles. The van der Waals surface area contributed by atoms with Crippen LogP contribution in [0, 0.1) is 5.92 Å². The van der Waals surface area contributed by atoms with Gasteiger partial charge in [0.2, 0.25) is 11.8 Å². The van der Waals surface area contributed by atoms with Crippen molar-refractivity contribution in [3.8, 4) is 11.5 Å². The van der Waals surface area contributed by atoms with E-state index in [4.69, 9.17) is 9.47 Å². The number of carbonyl (C=O) groups excluding carboxylic acids is 3. The second kappa shape index (κ2) is 11.9. The smallest absolute Gasteiger partial charge is 0.253 e. The molecule has 1 atom stereocenters. The molecule has 2 aliphatic heterocycles. The van der Waals surface area contributed by atoms with Crippen molar-refractivity contribution in [3.63, 3.8) is 0 Å². The number of benzene rings is 2. The van der Waals surface area contributed by atoms with Crippen molar-refractivity contribution in [2.75, 3.05) is 45.7 Å². The summed E-state index contributed by atoms with van der Waals surface area (Å²) in [4.78, 5) is 41.8. The molecule has 36 heavy (non-hydrogen) atoms. The Morgan fingerprint density at radius 2 is 1.64 bits per heavy atom. The summed E-state index contributed by atoms with van der Waals surface area (Å²) in [5, 5.41) is 2.91. The molecule has 0 radical (unpaired) electrons. The molecule has 8 nitrogen and oxygen atoms in total. The second-order valence-corrected chi connectivity index (χ2v) is 9.45. The van der Waals surface area contributed by atoms with Crippen molar-refractivity contribution >= 4 is 23.4 Å². The fourth-order valence-electron chi connectivity index (χ4n) is 4.86. The van der Waals surface area contributed by atoms with Gasteiger partial charge < -0.3 is 24.6 Å². The van der Waals surface area contributed by atoms with E-state index < -0.39 is 5.92 Å². The van der Waals surface area contributed by atoms with E-state index >= 15 is 0 Å². The molecule has 192 valence electrons. The Morgan fingerprint density at radius 3 is 2.31 bits per heavy atom. The number of anilines is 1. The van der Waals surface area contributed by atoms with Gasteiger partial charge in [0.1, 0.15) is 0 Å². The van der Waals surface area contributed by atoms with Gasteiger partial charge in [-0.15, -0.1) is 0 Å². The summed E-state index contributed by atoms with van der Waals surface area (Å²) in [7, 11) is 3.19. The Bertz CT molecular complexity index is 1080. The van der Waals surface area contributed by atoms with E-state index in [1.165, 1.54) is 12.8 Å². The molecule has 1 unspecified atom stereocenters. The van der Waals surface area contributed by atoms with Crippen molar-refractivity contribution < 1.29 is 23.9 Å². The molecule has 0 aliphatic carbocycles. The van der Waals surface area contributed by atoms with Crippen molar-refractivity contribution in [3.05, 3.63) is 53.6 Å². The van der Waals surface area contributed by atoms with Gasteiger partial charge in [-0.1, -0.05) is 18.9 Å². The Balaban J connectivity index is 1.29. The zero-order valence-electron chi connectivity index (χ0n) is 21.1. The molecular formula is C28H35N3O5. The van der Waals surface area contributed by atoms with Crippen LogP contribution in [0.2, 0.25) is 0 Å². The maximum Gasteiger partial charge on any atom is 0.253 e. The Labute approximate surface area is 212 Å². The number of hydrogen-bond donors (Lipinski definition) is 1. The normalized spacial score (nSPS) is 18.1. The third-order valence-corrected chi connectivity index (χ3v) is 7.00. The molecule has 2 aromatic rings. The molecule has 0 bridgehead atoms. The van der Waals surface area contributed by atoms with Gasteiger partial charge in [0, 0.05) is 43.9 Å². The molecular weight excluding hydrogens is 458 g/mol. The summed E-state index contributed by atoms with van der Waals surface area (Å²) >= 11 is 0. The van der Waals surface area contributed by atoms with Crippen LogP contribution in [0.25, 0.3) is 0 Å². The standard InChI is InChI=1S/C28H35N3O5/c1-35-24-12-7-20(17-25(24)36-2)13-16-31-19-22(18-26(31)32)27(33)29-23-10-8-21(9-11-23)28(34)30-14-5-3-4-6-15-30/h7-12,17,22H,3-6,13-16,18-19H2,1-2H3,(H,29,33). The Hall–Kier alpha value is -3.55. The Morgan fingerprint density at radius 1 is 0.944 bits per heavy atom. The third-order valence-electron chi connectivity index (χ3n) is 7.00. The summed E-state index contributed by atoms with van der Waals surface area (Å²) in [5.41, 5.74) is 2.29. The lowest BCUT2D eigenvalue weighted by atomic mass is 10.1. The van der Waals surface area contributed by atoms with Crippen molar-refractivity contribution in [1.82, 2.24) is 9.80 Å². The first-order valence-corrected chi connectivity index (χ1v) is 12.7. The summed E-state index contributed by atoms with van der Waals surface area (Å²) in [5.74, 6) is 0.758. The predicted molar refractivity (Wildman–Crippen MR) is 137 cm³/mol. The highest BCUT2D eigenvalue weighted by Gasteiger charge is 2.34. The van der Waals surface area contributed by atoms with Crippen LogP contribution in [0.1, 0.15) is 48.0 Å². The average Bonchev–Trinajstić information content (AvgIpc) is 3.08. The topological polar surface area (TPSA) is 88.2 Å². The van der Waals surface area contributed by atoms with Gasteiger partial charge in [0.05, 0.1) is 20.1 Å². The zero-order valence-corrected chi connectivity index (χ0v) is 21.1. The lowest BCUT2D eigenvalue weighted by Gasteiger charge is -2.20. The SMILES string of the molecule is COc1ccc(CCN2CC(C(=O)Nc3ccc(C(=O)N4CCCCCC4)cc3)CC2=O)cc1OC. The molecule has 2 heterocycles. The number of carbonyl (C=O) groups is 3. The number of methoxy groups -OCH3 is 2. The monoisotopic (exact) mass is 493 g/mol. The highest BCUT2D eigenvalue weighted by atomic mass is 16.5. The van der Waals surface area contributed by atoms with E-state index in [2.05, 4.69) is 5.32 Å². The van der Waals surface area contributed by atoms with Gasteiger partial charge in [-0.25, -0.2) is 0 Å². The minimum Gasteiger partial charge on any atom is -0.493 e. The van der Waals surface area contributed by atoms with Crippen LogP contribution >= 0.6 is 0 Å². The molecule has 0 spiro atoms. The van der Waals surface area contributed by atoms with Crippen LogP contribution in [0.3, 0.4) is 0 Å². The number of hydrogen-bond acceptors (Lipinski definition) is 5. The first kappa shape index (κ1) is 25.5. The molecule has 2 aromatic carbocycles. The van der Waals surface area contributed by atoms with Crippen molar-refractivity contribution in [2.24, 2.45) is 5.92 Å². The lowest BCUT2D eigenvalue weighted by molar-refractivity contribution is -0.128. The fraction of sp³-hybridized carbons (Fsp3) is 0.464. The minimum absolute atomic E-state index is 0.0194. The van der Waals surface area contributed by atoms with Gasteiger partial charge >= 0.3 is 0 Å². The van der Waals surface area contributed by atoms with Gasteiger partial charge in [-0.2, -0.15) is 0 Å². The second-order valence-electron chi connectivity index (χ2n) is 9.45. The Kier molecular flexibility index (Phi) is 8.46. The summed E-state index contributed by atoms with van der Waals surface area (Å²) < 4.78 is 10.6. The van der Waals surface area contributed by atoms with Crippen molar-refractivity contribution in [1.29, 1.82) is 0 Å². The van der Waals surface area contributed by atoms with Crippen LogP contribution in [-0.2, 0) is 16.0 Å². The van der Waals surface area contributed by atoms with E-state index in [1.807, 2.05) is 23.1 Å². The molecule has 0 aromatic heterocycles. The average molecular weight is 494 g/mol. The summed E-state index contributed by atoms with van der Waals surface area (Å²) in [6.07, 6.45) is 5.30. The highest BCUT2D eigenvalue weighted by Crippen LogP contribution is 2.28. The van der Waals surface area contributed by atoms with Crippen LogP contribution in [0.5, 0.6) is 11.5 Å². The molecule has 0 saturated carbocycles. The van der Waals surface area contributed by atoms with Gasteiger partial charge in [-0.05, 0) is 61.2 Å². The molecule has 2 fully saturated rings. The number of nitrogens with one attached hydrogen (secondary N) is 1. The zero-order chi connectivity index (χ0) is 25.5. The highest BCUT2D eigenvalue weighted by molar-refractivity contribution is 5.98. The van der Waals surface area contributed by atoms with Gasteiger partial charge in [-0.3, -0.25) is 14.4 Å². The summed E-state index contributed by atoms with van der Waals surface area (Å²) in [6, 6.07) is 12.8. The maximum absolute atomic E-state index is 12.8. The first-order chi connectivity index (χ1) is 17.5. The number of nitrogens with zero attached hydrogens (tertiary/aromatic N) is 2. The number of rotatable bonds is 8. The van der Waals surface area contributed by atoms with E-state index in [0.717, 1.165) is 31.5 Å². The molecule has 8 heteroatoms. The quantitative estimate of drug-likeness (QED) is 0.605. The van der Waals surface area contributed by atoms with Gasteiger partial charge in [0.25, 0.3) is 5.91 Å². The van der Waals surface area contributed by atoms with E-state index in [1.54, 1.807) is 43.4 Å². The van der Waals surface area contributed by atoms with Crippen LogP contribution in [0.4, 0.5) is 5.69 Å². The third kappa shape index (κ3) is 6.17. The lowest BCUT2D eigenvalue weighted by Crippen LogP contribution is -2.31. The largest absolute Gasteiger partial charge is 0.493 e. The molecule has 1 N–H and O–H groups in total. The van der Waals surface area contributed by atoms with Crippen LogP contribution in [-0.4, -0.2) is 67.9 Å². The fourth-order valence-corrected chi connectivity index (χ4v) is 4.86. The van der Waals surface area contributed by atoms with Crippen molar-refractivity contribution in [2.45, 2.75) is 38.5 Å². The number of ether oxygens (including phenoxy) is 2. The molecule has 3 amide bonds. The van der Waals surface area contributed by atoms with Gasteiger partial charge in [0.15, 0.2) is 11.5 Å². The minimum atomic E-state index is -0.402. The first-order valence-electron chi connectivity index (χ1n) is 12.7. The van der Waals surface area contributed by atoms with E-state index in [9.17, 15) is 14.4 Å².